The first-order valence-corrected chi connectivity index (χ1v) is 8.04. The molecule has 1 amide bonds. The van der Waals surface area contributed by atoms with Crippen LogP contribution in [0.1, 0.15) is 0 Å². The number of hydrogen-bond acceptors (Lipinski definition) is 7. The molecular formula is C16H25N3O5. The second-order valence-corrected chi connectivity index (χ2v) is 5.29. The van der Waals surface area contributed by atoms with Gasteiger partial charge in [-0.25, -0.2) is 4.98 Å². The number of hydrogen-bond donors (Lipinski definition) is 2. The molecule has 0 atom stereocenters. The van der Waals surface area contributed by atoms with Crippen molar-refractivity contribution in [1.82, 2.24) is 10.3 Å². The van der Waals surface area contributed by atoms with Crippen molar-refractivity contribution in [3.63, 3.8) is 0 Å². The van der Waals surface area contributed by atoms with Crippen LogP contribution < -0.4 is 15.4 Å². The lowest BCUT2D eigenvalue weighted by Gasteiger charge is -2.25. The van der Waals surface area contributed by atoms with Crippen molar-refractivity contribution >= 4 is 11.7 Å². The largest absolute Gasteiger partial charge is 0.490 e. The first kappa shape index (κ1) is 18.6. The summed E-state index contributed by atoms with van der Waals surface area (Å²) in [6, 6.07) is 3.50. The highest BCUT2D eigenvalue weighted by Gasteiger charge is 2.24. The number of methoxy groups -OCH3 is 1. The van der Waals surface area contributed by atoms with E-state index in [0.717, 1.165) is 13.1 Å². The third-order valence-electron chi connectivity index (χ3n) is 3.44. The number of aromatic nitrogens is 1. The number of nitrogens with zero attached hydrogens (tertiary/aromatic N) is 1. The minimum atomic E-state index is -0.00367. The predicted octanol–water partition coefficient (Wildman–Crippen LogP) is 0.298. The second-order valence-electron chi connectivity index (χ2n) is 5.29. The van der Waals surface area contributed by atoms with E-state index in [1.165, 1.54) is 0 Å². The van der Waals surface area contributed by atoms with Crippen molar-refractivity contribution in [3.05, 3.63) is 18.3 Å². The van der Waals surface area contributed by atoms with Crippen LogP contribution in [0.3, 0.4) is 0 Å². The molecular weight excluding hydrogens is 314 g/mol. The van der Waals surface area contributed by atoms with Gasteiger partial charge in [-0.05, 0) is 12.1 Å². The summed E-state index contributed by atoms with van der Waals surface area (Å²) in [6.07, 6.45) is 1.59. The van der Waals surface area contributed by atoms with Crippen molar-refractivity contribution < 1.29 is 23.7 Å². The van der Waals surface area contributed by atoms with Crippen LogP contribution >= 0.6 is 0 Å². The van der Waals surface area contributed by atoms with Crippen LogP contribution in [0.15, 0.2) is 18.3 Å². The number of amides is 1. The molecule has 1 aliphatic rings. The Hall–Kier alpha value is -1.74. The number of anilines is 1. The van der Waals surface area contributed by atoms with Gasteiger partial charge in [-0.2, -0.15) is 0 Å². The van der Waals surface area contributed by atoms with Crippen molar-refractivity contribution in [1.29, 1.82) is 0 Å². The summed E-state index contributed by atoms with van der Waals surface area (Å²) >= 11 is 0. The first-order chi connectivity index (χ1) is 11.8. The molecule has 0 radical (unpaired) electrons. The summed E-state index contributed by atoms with van der Waals surface area (Å²) in [5.74, 6) is 1.20. The van der Waals surface area contributed by atoms with E-state index in [9.17, 15) is 4.79 Å². The van der Waals surface area contributed by atoms with Crippen molar-refractivity contribution in [2.24, 2.45) is 5.92 Å². The Morgan fingerprint density at radius 2 is 1.88 bits per heavy atom. The van der Waals surface area contributed by atoms with Gasteiger partial charge in [0.15, 0.2) is 0 Å². The number of carbonyl (C=O) groups is 1. The van der Waals surface area contributed by atoms with E-state index in [1.807, 2.05) is 0 Å². The van der Waals surface area contributed by atoms with E-state index >= 15 is 0 Å². The normalized spacial score (nSPS) is 14.2. The van der Waals surface area contributed by atoms with Gasteiger partial charge in [-0.1, -0.05) is 0 Å². The zero-order valence-corrected chi connectivity index (χ0v) is 14.0. The molecule has 2 N–H and O–H groups in total. The Balaban J connectivity index is 1.52. The van der Waals surface area contributed by atoms with Crippen LogP contribution in [0, 0.1) is 5.92 Å². The lowest BCUT2D eigenvalue weighted by Crippen LogP contribution is -2.48. The number of rotatable bonds is 12. The quantitative estimate of drug-likeness (QED) is 0.529. The number of ether oxygens (including phenoxy) is 4. The lowest BCUT2D eigenvalue weighted by atomic mass is 10.0. The fourth-order valence-corrected chi connectivity index (χ4v) is 1.92. The molecule has 0 spiro atoms. The van der Waals surface area contributed by atoms with Crippen molar-refractivity contribution in [3.8, 4) is 5.75 Å². The Bertz CT molecular complexity index is 479. The minimum Gasteiger partial charge on any atom is -0.490 e. The van der Waals surface area contributed by atoms with Gasteiger partial charge in [0, 0.05) is 20.2 Å². The van der Waals surface area contributed by atoms with Crippen LogP contribution in [-0.2, 0) is 19.0 Å². The molecule has 0 bridgehead atoms. The molecule has 2 heterocycles. The molecule has 0 aromatic carbocycles. The molecule has 1 aliphatic heterocycles. The SMILES string of the molecule is COCCOCCOCCOc1ccc(NC(=O)C2CNC2)nc1. The van der Waals surface area contributed by atoms with Gasteiger partial charge in [-0.3, -0.25) is 4.79 Å². The van der Waals surface area contributed by atoms with E-state index in [-0.39, 0.29) is 11.8 Å². The maximum absolute atomic E-state index is 11.8. The van der Waals surface area contributed by atoms with Crippen LogP contribution in [0.2, 0.25) is 0 Å². The molecule has 134 valence electrons. The number of nitrogens with one attached hydrogen (secondary N) is 2. The summed E-state index contributed by atoms with van der Waals surface area (Å²) in [5, 5.41) is 5.84. The fourth-order valence-electron chi connectivity index (χ4n) is 1.92. The molecule has 0 saturated carbocycles. The van der Waals surface area contributed by atoms with E-state index in [2.05, 4.69) is 15.6 Å². The number of pyridine rings is 1. The molecule has 1 fully saturated rings. The van der Waals surface area contributed by atoms with Gasteiger partial charge in [0.25, 0.3) is 0 Å². The van der Waals surface area contributed by atoms with Crippen molar-refractivity contribution in [2.45, 2.75) is 0 Å². The smallest absolute Gasteiger partial charge is 0.231 e. The molecule has 1 aromatic heterocycles. The molecule has 1 saturated heterocycles. The van der Waals surface area contributed by atoms with Gasteiger partial charge in [0.05, 0.1) is 45.1 Å². The third-order valence-corrected chi connectivity index (χ3v) is 3.44. The summed E-state index contributed by atoms with van der Waals surface area (Å²) in [5.41, 5.74) is 0. The van der Waals surface area contributed by atoms with Crippen LogP contribution in [-0.4, -0.2) is 70.7 Å². The molecule has 2 rings (SSSR count). The standard InChI is InChI=1S/C16H25N3O5/c1-21-4-5-22-6-7-23-8-9-24-14-2-3-15(18-12-14)19-16(20)13-10-17-11-13/h2-3,12-13,17H,4-11H2,1H3,(H,18,19,20). The zero-order chi connectivity index (χ0) is 17.0. The minimum absolute atomic E-state index is 0.00367. The lowest BCUT2D eigenvalue weighted by molar-refractivity contribution is -0.121. The Morgan fingerprint density at radius 1 is 1.17 bits per heavy atom. The van der Waals surface area contributed by atoms with Gasteiger partial charge in [0.1, 0.15) is 18.2 Å². The Morgan fingerprint density at radius 3 is 2.46 bits per heavy atom. The van der Waals surface area contributed by atoms with E-state index in [1.54, 1.807) is 25.4 Å². The highest BCUT2D eigenvalue weighted by molar-refractivity contribution is 5.92. The zero-order valence-electron chi connectivity index (χ0n) is 14.0. The fraction of sp³-hybridized carbons (Fsp3) is 0.625. The van der Waals surface area contributed by atoms with Crippen LogP contribution in [0.5, 0.6) is 5.75 Å². The molecule has 0 aliphatic carbocycles. The second kappa shape index (κ2) is 10.9. The first-order valence-electron chi connectivity index (χ1n) is 8.04. The summed E-state index contributed by atoms with van der Waals surface area (Å²) in [7, 11) is 1.64. The maximum Gasteiger partial charge on any atom is 0.231 e. The third kappa shape index (κ3) is 6.79. The Labute approximate surface area is 141 Å². The van der Waals surface area contributed by atoms with Gasteiger partial charge >= 0.3 is 0 Å². The summed E-state index contributed by atoms with van der Waals surface area (Å²) in [4.78, 5) is 15.9. The van der Waals surface area contributed by atoms with Gasteiger partial charge < -0.3 is 29.6 Å². The summed E-state index contributed by atoms with van der Waals surface area (Å²) < 4.78 is 21.0. The monoisotopic (exact) mass is 339 g/mol. The van der Waals surface area contributed by atoms with E-state index in [0.29, 0.717) is 51.2 Å². The molecule has 24 heavy (non-hydrogen) atoms. The Kier molecular flexibility index (Phi) is 8.47. The highest BCUT2D eigenvalue weighted by atomic mass is 16.6. The van der Waals surface area contributed by atoms with Crippen molar-refractivity contribution in [2.75, 3.05) is 65.2 Å². The van der Waals surface area contributed by atoms with Gasteiger partial charge in [0.2, 0.25) is 5.91 Å². The number of carbonyl (C=O) groups excluding carboxylic acids is 1. The van der Waals surface area contributed by atoms with Crippen LogP contribution in [0.25, 0.3) is 0 Å². The average molecular weight is 339 g/mol. The molecule has 8 heteroatoms. The summed E-state index contributed by atoms with van der Waals surface area (Å²) in [6.45, 7) is 4.57. The van der Waals surface area contributed by atoms with Gasteiger partial charge in [-0.15, -0.1) is 0 Å². The maximum atomic E-state index is 11.8. The molecule has 8 nitrogen and oxygen atoms in total. The van der Waals surface area contributed by atoms with E-state index < -0.39 is 0 Å². The van der Waals surface area contributed by atoms with E-state index in [4.69, 9.17) is 18.9 Å². The molecule has 1 aromatic rings. The molecule has 0 unspecified atom stereocenters. The average Bonchev–Trinajstić information content (AvgIpc) is 2.53. The highest BCUT2D eigenvalue weighted by Crippen LogP contribution is 2.13. The topological polar surface area (TPSA) is 90.9 Å². The predicted molar refractivity (Wildman–Crippen MR) is 88.2 cm³/mol. The van der Waals surface area contributed by atoms with Crippen LogP contribution in [0.4, 0.5) is 5.82 Å².